The second-order valence-corrected chi connectivity index (χ2v) is 4.23. The van der Waals surface area contributed by atoms with Crippen LogP contribution in [-0.2, 0) is 11.2 Å². The van der Waals surface area contributed by atoms with Gasteiger partial charge in [-0.05, 0) is 38.1 Å². The van der Waals surface area contributed by atoms with Gasteiger partial charge in [0.2, 0.25) is 0 Å². The van der Waals surface area contributed by atoms with Crippen molar-refractivity contribution < 1.29 is 14.3 Å². The molecule has 1 atom stereocenters. The highest BCUT2D eigenvalue weighted by Crippen LogP contribution is 2.16. The van der Waals surface area contributed by atoms with Gasteiger partial charge in [-0.2, -0.15) is 0 Å². The summed E-state index contributed by atoms with van der Waals surface area (Å²) in [5.74, 6) is -0.00345. The Bertz CT molecular complexity index is 328. The SMILES string of the molecule is O=C(O)C(Cc1ccco1)N1CCCCC1. The average molecular weight is 223 g/mol. The lowest BCUT2D eigenvalue weighted by Gasteiger charge is -2.31. The van der Waals surface area contributed by atoms with Gasteiger partial charge in [0, 0.05) is 6.42 Å². The van der Waals surface area contributed by atoms with Crippen molar-refractivity contribution in [1.82, 2.24) is 4.90 Å². The highest BCUT2D eigenvalue weighted by Gasteiger charge is 2.27. The first kappa shape index (κ1) is 11.2. The molecule has 4 heteroatoms. The Hall–Kier alpha value is -1.29. The predicted molar refractivity (Wildman–Crippen MR) is 59.3 cm³/mol. The van der Waals surface area contributed by atoms with E-state index < -0.39 is 12.0 Å². The first-order valence-corrected chi connectivity index (χ1v) is 5.76. The maximum Gasteiger partial charge on any atom is 0.321 e. The standard InChI is InChI=1S/C12H17NO3/c14-12(15)11(9-10-5-4-8-16-10)13-6-2-1-3-7-13/h4-5,8,11H,1-3,6-7,9H2,(H,14,15). The number of rotatable bonds is 4. The van der Waals surface area contributed by atoms with Gasteiger partial charge in [-0.25, -0.2) is 0 Å². The molecule has 0 aromatic carbocycles. The number of likely N-dealkylation sites (tertiary alicyclic amines) is 1. The van der Waals surface area contributed by atoms with Gasteiger partial charge in [-0.3, -0.25) is 9.69 Å². The second-order valence-electron chi connectivity index (χ2n) is 4.23. The zero-order valence-electron chi connectivity index (χ0n) is 9.26. The third kappa shape index (κ3) is 2.64. The number of nitrogens with zero attached hydrogens (tertiary/aromatic N) is 1. The monoisotopic (exact) mass is 223 g/mol. The van der Waals surface area contributed by atoms with Gasteiger partial charge >= 0.3 is 5.97 Å². The molecule has 1 unspecified atom stereocenters. The molecule has 0 saturated carbocycles. The van der Waals surface area contributed by atoms with E-state index in [1.807, 2.05) is 11.0 Å². The summed E-state index contributed by atoms with van der Waals surface area (Å²) in [6.45, 7) is 1.77. The van der Waals surface area contributed by atoms with E-state index in [0.29, 0.717) is 6.42 Å². The minimum absolute atomic E-state index is 0.438. The Morgan fingerprint density at radius 1 is 1.44 bits per heavy atom. The second kappa shape index (κ2) is 5.16. The van der Waals surface area contributed by atoms with E-state index in [0.717, 1.165) is 31.7 Å². The van der Waals surface area contributed by atoms with E-state index in [1.165, 1.54) is 6.42 Å². The van der Waals surface area contributed by atoms with Crippen LogP contribution in [0.5, 0.6) is 0 Å². The molecule has 2 heterocycles. The van der Waals surface area contributed by atoms with E-state index in [9.17, 15) is 9.90 Å². The highest BCUT2D eigenvalue weighted by molar-refractivity contribution is 5.73. The van der Waals surface area contributed by atoms with Crippen molar-refractivity contribution in [2.75, 3.05) is 13.1 Å². The smallest absolute Gasteiger partial charge is 0.321 e. The Morgan fingerprint density at radius 2 is 2.19 bits per heavy atom. The fourth-order valence-electron chi connectivity index (χ4n) is 2.22. The predicted octanol–water partition coefficient (Wildman–Crippen LogP) is 1.76. The Labute approximate surface area is 94.9 Å². The summed E-state index contributed by atoms with van der Waals surface area (Å²) in [6.07, 6.45) is 5.46. The minimum atomic E-state index is -0.752. The first-order chi connectivity index (χ1) is 7.77. The molecule has 0 bridgehead atoms. The summed E-state index contributed by atoms with van der Waals surface area (Å²) in [7, 11) is 0. The van der Waals surface area contributed by atoms with Gasteiger partial charge in [-0.1, -0.05) is 6.42 Å². The molecule has 1 aromatic heterocycles. The largest absolute Gasteiger partial charge is 0.480 e. The van der Waals surface area contributed by atoms with Crippen LogP contribution in [-0.4, -0.2) is 35.1 Å². The molecule has 88 valence electrons. The highest BCUT2D eigenvalue weighted by atomic mass is 16.4. The minimum Gasteiger partial charge on any atom is -0.480 e. The number of carboxylic acids is 1. The maximum atomic E-state index is 11.2. The van der Waals surface area contributed by atoms with E-state index in [1.54, 1.807) is 12.3 Å². The van der Waals surface area contributed by atoms with Crippen molar-refractivity contribution in [3.8, 4) is 0 Å². The van der Waals surface area contributed by atoms with Crippen LogP contribution in [0.15, 0.2) is 22.8 Å². The molecule has 1 aliphatic heterocycles. The Kier molecular flexibility index (Phi) is 3.62. The number of hydrogen-bond acceptors (Lipinski definition) is 3. The molecule has 2 rings (SSSR count). The quantitative estimate of drug-likeness (QED) is 0.845. The lowest BCUT2D eigenvalue weighted by molar-refractivity contribution is -0.143. The molecular weight excluding hydrogens is 206 g/mol. The van der Waals surface area contributed by atoms with Crippen LogP contribution in [0.1, 0.15) is 25.0 Å². The number of furan rings is 1. The molecule has 1 aromatic rings. The molecule has 0 spiro atoms. The van der Waals surface area contributed by atoms with Crippen LogP contribution in [0.25, 0.3) is 0 Å². The molecular formula is C12H17NO3. The summed E-state index contributed by atoms with van der Waals surface area (Å²) >= 11 is 0. The number of carbonyl (C=O) groups is 1. The molecule has 0 amide bonds. The molecule has 0 radical (unpaired) electrons. The molecule has 0 aliphatic carbocycles. The zero-order chi connectivity index (χ0) is 11.4. The van der Waals surface area contributed by atoms with Crippen molar-refractivity contribution in [1.29, 1.82) is 0 Å². The fraction of sp³-hybridized carbons (Fsp3) is 0.583. The van der Waals surface area contributed by atoms with E-state index in [4.69, 9.17) is 4.42 Å². The lowest BCUT2D eigenvalue weighted by atomic mass is 10.1. The zero-order valence-corrected chi connectivity index (χ0v) is 9.26. The van der Waals surface area contributed by atoms with Crippen LogP contribution in [0.2, 0.25) is 0 Å². The summed E-state index contributed by atoms with van der Waals surface area (Å²) in [6, 6.07) is 3.19. The van der Waals surface area contributed by atoms with E-state index in [-0.39, 0.29) is 0 Å². The summed E-state index contributed by atoms with van der Waals surface area (Å²) in [4.78, 5) is 13.3. The van der Waals surface area contributed by atoms with Crippen LogP contribution in [0, 0.1) is 0 Å². The average Bonchev–Trinajstić information content (AvgIpc) is 2.79. The number of aliphatic carboxylic acids is 1. The van der Waals surface area contributed by atoms with Gasteiger partial charge in [0.15, 0.2) is 0 Å². The van der Waals surface area contributed by atoms with Crippen LogP contribution < -0.4 is 0 Å². The van der Waals surface area contributed by atoms with Gasteiger partial charge in [-0.15, -0.1) is 0 Å². The number of carboxylic acid groups (broad SMARTS) is 1. The van der Waals surface area contributed by atoms with Crippen LogP contribution in [0.3, 0.4) is 0 Å². The summed E-state index contributed by atoms with van der Waals surface area (Å²) in [5, 5.41) is 9.24. The molecule has 1 aliphatic rings. The van der Waals surface area contributed by atoms with Crippen molar-refractivity contribution in [2.24, 2.45) is 0 Å². The molecule has 1 N–H and O–H groups in total. The Morgan fingerprint density at radius 3 is 2.75 bits per heavy atom. The summed E-state index contributed by atoms with van der Waals surface area (Å²) < 4.78 is 5.21. The number of piperidine rings is 1. The molecule has 1 fully saturated rings. The van der Waals surface area contributed by atoms with Crippen molar-refractivity contribution in [3.63, 3.8) is 0 Å². The van der Waals surface area contributed by atoms with Crippen molar-refractivity contribution in [3.05, 3.63) is 24.2 Å². The van der Waals surface area contributed by atoms with Crippen LogP contribution >= 0.6 is 0 Å². The topological polar surface area (TPSA) is 53.7 Å². The van der Waals surface area contributed by atoms with Crippen LogP contribution in [0.4, 0.5) is 0 Å². The third-order valence-electron chi connectivity index (χ3n) is 3.09. The van der Waals surface area contributed by atoms with E-state index in [2.05, 4.69) is 0 Å². The van der Waals surface area contributed by atoms with E-state index >= 15 is 0 Å². The maximum absolute atomic E-state index is 11.2. The molecule has 4 nitrogen and oxygen atoms in total. The number of hydrogen-bond donors (Lipinski definition) is 1. The molecule has 16 heavy (non-hydrogen) atoms. The summed E-state index contributed by atoms with van der Waals surface area (Å²) in [5.41, 5.74) is 0. The van der Waals surface area contributed by atoms with Gasteiger partial charge in [0.1, 0.15) is 11.8 Å². The lowest BCUT2D eigenvalue weighted by Crippen LogP contribution is -2.45. The van der Waals surface area contributed by atoms with Crippen molar-refractivity contribution in [2.45, 2.75) is 31.7 Å². The van der Waals surface area contributed by atoms with Gasteiger partial charge in [0.25, 0.3) is 0 Å². The van der Waals surface area contributed by atoms with Gasteiger partial charge in [0.05, 0.1) is 6.26 Å². The first-order valence-electron chi connectivity index (χ1n) is 5.76. The van der Waals surface area contributed by atoms with Crippen molar-refractivity contribution >= 4 is 5.97 Å². The third-order valence-corrected chi connectivity index (χ3v) is 3.09. The fourth-order valence-corrected chi connectivity index (χ4v) is 2.22. The van der Waals surface area contributed by atoms with Gasteiger partial charge < -0.3 is 9.52 Å². The Balaban J connectivity index is 2.01. The normalized spacial score (nSPS) is 19.5. The molecule has 1 saturated heterocycles.